The fraction of sp³-hybridized carbons (Fsp3) is 0.333. The highest BCUT2D eigenvalue weighted by molar-refractivity contribution is 5.87. The van der Waals surface area contributed by atoms with Crippen LogP contribution in [0.15, 0.2) is 34.9 Å². The lowest BCUT2D eigenvalue weighted by Crippen LogP contribution is -2.17. The Kier molecular flexibility index (Phi) is 4.81. The summed E-state index contributed by atoms with van der Waals surface area (Å²) in [6, 6.07) is 8.05. The number of esters is 1. The molecule has 0 aliphatic rings. The molecule has 0 aliphatic carbocycles. The fourth-order valence-electron chi connectivity index (χ4n) is 1.90. The molecule has 1 aromatic carbocycles. The molecular formula is C15H18N2O4. The number of methoxy groups -OCH3 is 1. The number of rotatable bonds is 6. The SMILES string of the molecule is CCOC(=O)c1coc(N(C)Cc2ccccc2OC)n1. The van der Waals surface area contributed by atoms with Crippen LogP contribution >= 0.6 is 0 Å². The Balaban J connectivity index is 2.10. The van der Waals surface area contributed by atoms with Crippen molar-refractivity contribution in [2.45, 2.75) is 13.5 Å². The smallest absolute Gasteiger partial charge is 0.360 e. The predicted octanol–water partition coefficient (Wildman–Crippen LogP) is 2.50. The summed E-state index contributed by atoms with van der Waals surface area (Å²) < 4.78 is 15.5. The molecule has 1 aromatic heterocycles. The number of aromatic nitrogens is 1. The second kappa shape index (κ2) is 6.78. The summed E-state index contributed by atoms with van der Waals surface area (Å²) in [6.07, 6.45) is 1.30. The van der Waals surface area contributed by atoms with Gasteiger partial charge in [-0.25, -0.2) is 4.79 Å². The average molecular weight is 290 g/mol. The molecule has 0 N–H and O–H groups in total. The molecule has 0 saturated heterocycles. The van der Waals surface area contributed by atoms with Crippen molar-refractivity contribution in [2.24, 2.45) is 0 Å². The van der Waals surface area contributed by atoms with E-state index < -0.39 is 5.97 Å². The molecule has 21 heavy (non-hydrogen) atoms. The highest BCUT2D eigenvalue weighted by Gasteiger charge is 2.16. The fourth-order valence-corrected chi connectivity index (χ4v) is 1.90. The number of benzene rings is 1. The van der Waals surface area contributed by atoms with E-state index in [-0.39, 0.29) is 5.69 Å². The normalized spacial score (nSPS) is 10.2. The van der Waals surface area contributed by atoms with Gasteiger partial charge in [0.25, 0.3) is 6.01 Å². The van der Waals surface area contributed by atoms with E-state index in [1.54, 1.807) is 18.9 Å². The second-order valence-electron chi connectivity index (χ2n) is 4.40. The number of carbonyl (C=O) groups excluding carboxylic acids is 1. The van der Waals surface area contributed by atoms with Crippen LogP contribution in [0.4, 0.5) is 6.01 Å². The maximum Gasteiger partial charge on any atom is 0.360 e. The first-order valence-corrected chi connectivity index (χ1v) is 6.61. The zero-order valence-corrected chi connectivity index (χ0v) is 12.3. The van der Waals surface area contributed by atoms with Gasteiger partial charge in [0, 0.05) is 12.6 Å². The van der Waals surface area contributed by atoms with Crippen molar-refractivity contribution in [3.05, 3.63) is 41.8 Å². The van der Waals surface area contributed by atoms with Crippen molar-refractivity contribution >= 4 is 12.0 Å². The van der Waals surface area contributed by atoms with Crippen LogP contribution < -0.4 is 9.64 Å². The van der Waals surface area contributed by atoms with Gasteiger partial charge in [-0.15, -0.1) is 0 Å². The predicted molar refractivity (Wildman–Crippen MR) is 77.6 cm³/mol. The molecule has 6 heteroatoms. The van der Waals surface area contributed by atoms with Gasteiger partial charge in [0.05, 0.1) is 20.3 Å². The van der Waals surface area contributed by atoms with E-state index in [1.807, 2.05) is 31.3 Å². The van der Waals surface area contributed by atoms with Gasteiger partial charge in [-0.2, -0.15) is 4.98 Å². The molecule has 0 amide bonds. The van der Waals surface area contributed by atoms with Crippen LogP contribution in [0.5, 0.6) is 5.75 Å². The number of hydrogen-bond acceptors (Lipinski definition) is 6. The maximum absolute atomic E-state index is 11.6. The average Bonchev–Trinajstić information content (AvgIpc) is 2.98. The molecule has 0 atom stereocenters. The topological polar surface area (TPSA) is 64.8 Å². The molecule has 0 unspecified atom stereocenters. The summed E-state index contributed by atoms with van der Waals surface area (Å²) in [5, 5.41) is 0. The van der Waals surface area contributed by atoms with Crippen LogP contribution in [-0.2, 0) is 11.3 Å². The summed E-state index contributed by atoms with van der Waals surface area (Å²) in [7, 11) is 3.45. The van der Waals surface area contributed by atoms with Gasteiger partial charge in [-0.05, 0) is 13.0 Å². The molecule has 112 valence electrons. The first-order chi connectivity index (χ1) is 10.2. The molecule has 0 saturated carbocycles. The van der Waals surface area contributed by atoms with Crippen LogP contribution in [0.1, 0.15) is 23.0 Å². The van der Waals surface area contributed by atoms with Crippen LogP contribution in [0.3, 0.4) is 0 Å². The third-order valence-corrected chi connectivity index (χ3v) is 2.90. The number of para-hydroxylation sites is 1. The van der Waals surface area contributed by atoms with Crippen molar-refractivity contribution in [3.8, 4) is 5.75 Å². The van der Waals surface area contributed by atoms with Gasteiger partial charge in [-0.1, -0.05) is 18.2 Å². The van der Waals surface area contributed by atoms with Crippen molar-refractivity contribution in [1.29, 1.82) is 0 Å². The zero-order chi connectivity index (χ0) is 15.2. The number of ether oxygens (including phenoxy) is 2. The molecule has 0 spiro atoms. The van der Waals surface area contributed by atoms with E-state index in [4.69, 9.17) is 13.9 Å². The molecular weight excluding hydrogens is 272 g/mol. The highest BCUT2D eigenvalue weighted by atomic mass is 16.5. The van der Waals surface area contributed by atoms with Gasteiger partial charge in [-0.3, -0.25) is 0 Å². The Morgan fingerprint density at radius 3 is 2.86 bits per heavy atom. The van der Waals surface area contributed by atoms with Crippen molar-refractivity contribution in [2.75, 3.05) is 25.7 Å². The summed E-state index contributed by atoms with van der Waals surface area (Å²) in [4.78, 5) is 17.5. The molecule has 0 radical (unpaired) electrons. The minimum absolute atomic E-state index is 0.165. The lowest BCUT2D eigenvalue weighted by molar-refractivity contribution is 0.0519. The minimum Gasteiger partial charge on any atom is -0.496 e. The van der Waals surface area contributed by atoms with Crippen molar-refractivity contribution in [1.82, 2.24) is 4.98 Å². The molecule has 1 heterocycles. The van der Waals surface area contributed by atoms with E-state index in [2.05, 4.69) is 4.98 Å². The van der Waals surface area contributed by atoms with Crippen LogP contribution in [-0.4, -0.2) is 31.7 Å². The lowest BCUT2D eigenvalue weighted by Gasteiger charge is -2.16. The summed E-state index contributed by atoms with van der Waals surface area (Å²) in [5.41, 5.74) is 1.16. The van der Waals surface area contributed by atoms with E-state index in [0.29, 0.717) is 19.2 Å². The largest absolute Gasteiger partial charge is 0.496 e. The van der Waals surface area contributed by atoms with Gasteiger partial charge >= 0.3 is 5.97 Å². The van der Waals surface area contributed by atoms with Crippen LogP contribution in [0.2, 0.25) is 0 Å². The molecule has 0 fully saturated rings. The number of anilines is 1. The lowest BCUT2D eigenvalue weighted by atomic mass is 10.2. The van der Waals surface area contributed by atoms with E-state index in [0.717, 1.165) is 11.3 Å². The van der Waals surface area contributed by atoms with E-state index in [9.17, 15) is 4.79 Å². The van der Waals surface area contributed by atoms with Gasteiger partial charge in [0.2, 0.25) is 0 Å². The second-order valence-corrected chi connectivity index (χ2v) is 4.40. The quantitative estimate of drug-likeness (QED) is 0.762. The molecule has 2 aromatic rings. The Bertz CT molecular complexity index is 609. The Hall–Kier alpha value is -2.50. The zero-order valence-electron chi connectivity index (χ0n) is 12.3. The Morgan fingerprint density at radius 1 is 1.38 bits per heavy atom. The Labute approximate surface area is 123 Å². The maximum atomic E-state index is 11.6. The summed E-state index contributed by atoms with van der Waals surface area (Å²) in [6.45, 7) is 2.59. The first-order valence-electron chi connectivity index (χ1n) is 6.61. The van der Waals surface area contributed by atoms with Crippen LogP contribution in [0.25, 0.3) is 0 Å². The summed E-state index contributed by atoms with van der Waals surface area (Å²) >= 11 is 0. The van der Waals surface area contributed by atoms with Gasteiger partial charge < -0.3 is 18.8 Å². The number of hydrogen-bond donors (Lipinski definition) is 0. The van der Waals surface area contributed by atoms with E-state index >= 15 is 0 Å². The molecule has 6 nitrogen and oxygen atoms in total. The molecule has 0 bridgehead atoms. The van der Waals surface area contributed by atoms with Crippen LogP contribution in [0, 0.1) is 0 Å². The molecule has 0 aliphatic heterocycles. The first kappa shape index (κ1) is 14.9. The van der Waals surface area contributed by atoms with Crippen molar-refractivity contribution in [3.63, 3.8) is 0 Å². The highest BCUT2D eigenvalue weighted by Crippen LogP contribution is 2.21. The van der Waals surface area contributed by atoms with E-state index in [1.165, 1.54) is 6.26 Å². The third kappa shape index (κ3) is 3.53. The van der Waals surface area contributed by atoms with Crippen molar-refractivity contribution < 1.29 is 18.7 Å². The monoisotopic (exact) mass is 290 g/mol. The van der Waals surface area contributed by atoms with Gasteiger partial charge in [0.1, 0.15) is 12.0 Å². The summed E-state index contributed by atoms with van der Waals surface area (Å²) in [5.74, 6) is 0.305. The number of carbonyl (C=O) groups is 1. The minimum atomic E-state index is -0.488. The number of nitrogens with zero attached hydrogens (tertiary/aromatic N) is 2. The molecule has 2 rings (SSSR count). The standard InChI is InChI=1S/C15H18N2O4/c1-4-20-14(18)12-10-21-15(16-12)17(2)9-11-7-5-6-8-13(11)19-3/h5-8,10H,4,9H2,1-3H3. The third-order valence-electron chi connectivity index (χ3n) is 2.90. The Morgan fingerprint density at radius 2 is 2.14 bits per heavy atom. The van der Waals surface area contributed by atoms with Gasteiger partial charge in [0.15, 0.2) is 5.69 Å². The number of oxazole rings is 1.